The molecule has 2 saturated heterocycles. The van der Waals surface area contributed by atoms with Crippen molar-refractivity contribution in [2.75, 3.05) is 56.1 Å². The first kappa shape index (κ1) is 38.6. The number of para-hydroxylation sites is 2. The molecular formula is C34H38F6N6O5S. The number of carbonyl (C=O) groups is 3. The van der Waals surface area contributed by atoms with Crippen LogP contribution in [0.25, 0.3) is 0 Å². The molecule has 282 valence electrons. The van der Waals surface area contributed by atoms with Gasteiger partial charge in [-0.3, -0.25) is 14.6 Å². The molecule has 0 saturated carbocycles. The zero-order valence-corrected chi connectivity index (χ0v) is 28.9. The highest BCUT2D eigenvalue weighted by Crippen LogP contribution is 2.43. The largest absolute Gasteiger partial charge is 0.474 e. The lowest BCUT2D eigenvalue weighted by Gasteiger charge is -2.51. The number of rotatable bonds is 10. The average Bonchev–Trinajstić information content (AvgIpc) is 3.60. The minimum absolute atomic E-state index is 0.00738. The number of pyridine rings is 1. The van der Waals surface area contributed by atoms with Gasteiger partial charge in [0.05, 0.1) is 35.2 Å². The van der Waals surface area contributed by atoms with Gasteiger partial charge in [0.15, 0.2) is 0 Å². The lowest BCUT2D eigenvalue weighted by Crippen LogP contribution is -2.69. The molecular weight excluding hydrogens is 718 g/mol. The molecule has 0 aliphatic carbocycles. The number of anilines is 2. The van der Waals surface area contributed by atoms with Gasteiger partial charge in [-0.2, -0.15) is 26.3 Å². The molecule has 0 radical (unpaired) electrons. The zero-order valence-electron chi connectivity index (χ0n) is 28.1. The number of ether oxygens (including phenoxy) is 1. The number of aromatic nitrogens is 1. The Hall–Kier alpha value is -4.58. The molecule has 4 heterocycles. The van der Waals surface area contributed by atoms with Crippen LogP contribution in [0.3, 0.4) is 0 Å². The summed E-state index contributed by atoms with van der Waals surface area (Å²) in [7, 11) is 0. The van der Waals surface area contributed by atoms with Crippen LogP contribution in [0.5, 0.6) is 5.75 Å². The molecule has 0 unspecified atom stereocenters. The number of benzene rings is 1. The van der Waals surface area contributed by atoms with Crippen molar-refractivity contribution in [3.63, 3.8) is 0 Å². The first-order chi connectivity index (χ1) is 24.7. The van der Waals surface area contributed by atoms with Crippen molar-refractivity contribution in [2.45, 2.75) is 56.6 Å². The second-order valence-corrected chi connectivity index (χ2v) is 13.3. The maximum absolute atomic E-state index is 14.8. The van der Waals surface area contributed by atoms with Crippen LogP contribution in [-0.2, 0) is 17.1 Å². The lowest BCUT2D eigenvalue weighted by atomic mass is 9.79. The SMILES string of the molecule is CCC[C@H]1N(C(=O)c2cnccc2C(F)(F)F)CCC[C@@]1(Oc1csc(C(F)(F)F)c1)C(=O)N1CCN(c2ccccc2NC(=O)NCCO)CC1. The molecule has 2 fully saturated rings. The zero-order chi connectivity index (χ0) is 37.7. The predicted molar refractivity (Wildman–Crippen MR) is 180 cm³/mol. The summed E-state index contributed by atoms with van der Waals surface area (Å²) in [5.74, 6) is -1.85. The summed E-state index contributed by atoms with van der Waals surface area (Å²) in [4.78, 5) is 48.5. The maximum atomic E-state index is 14.8. The number of aliphatic hydroxyl groups excluding tert-OH is 1. The fourth-order valence-corrected chi connectivity index (χ4v) is 7.39. The lowest BCUT2D eigenvalue weighted by molar-refractivity contribution is -0.159. The fourth-order valence-electron chi connectivity index (χ4n) is 6.71. The van der Waals surface area contributed by atoms with Gasteiger partial charge in [-0.1, -0.05) is 25.5 Å². The minimum atomic E-state index is -4.88. The van der Waals surface area contributed by atoms with Gasteiger partial charge in [0.2, 0.25) is 5.60 Å². The van der Waals surface area contributed by atoms with E-state index in [1.54, 1.807) is 31.2 Å². The van der Waals surface area contributed by atoms with E-state index >= 15 is 0 Å². The molecule has 3 N–H and O–H groups in total. The van der Waals surface area contributed by atoms with E-state index in [1.807, 2.05) is 4.90 Å². The molecule has 52 heavy (non-hydrogen) atoms. The number of aliphatic hydroxyl groups is 1. The van der Waals surface area contributed by atoms with Crippen LogP contribution in [0.4, 0.5) is 42.5 Å². The fraction of sp³-hybridized carbons (Fsp3) is 0.471. The van der Waals surface area contributed by atoms with Crippen molar-refractivity contribution in [3.8, 4) is 5.75 Å². The molecule has 5 rings (SSSR count). The Bertz CT molecular complexity index is 1730. The number of urea groups is 1. The molecule has 3 aromatic rings. The number of piperidine rings is 1. The summed E-state index contributed by atoms with van der Waals surface area (Å²) in [6, 6.07) is 6.80. The third-order valence-electron chi connectivity index (χ3n) is 9.02. The maximum Gasteiger partial charge on any atom is 0.425 e. The monoisotopic (exact) mass is 756 g/mol. The number of nitrogens with one attached hydrogen (secondary N) is 2. The summed E-state index contributed by atoms with van der Waals surface area (Å²) < 4.78 is 89.2. The Morgan fingerprint density at radius 3 is 2.42 bits per heavy atom. The average molecular weight is 757 g/mol. The van der Waals surface area contributed by atoms with Crippen LogP contribution in [0.1, 0.15) is 53.4 Å². The van der Waals surface area contributed by atoms with Gasteiger partial charge in [-0.25, -0.2) is 4.79 Å². The number of amides is 4. The van der Waals surface area contributed by atoms with E-state index in [1.165, 1.54) is 9.80 Å². The smallest absolute Gasteiger partial charge is 0.425 e. The van der Waals surface area contributed by atoms with Gasteiger partial charge in [-0.15, -0.1) is 11.3 Å². The van der Waals surface area contributed by atoms with Gasteiger partial charge in [0.1, 0.15) is 10.6 Å². The Balaban J connectivity index is 1.47. The van der Waals surface area contributed by atoms with E-state index in [0.29, 0.717) is 35.2 Å². The highest BCUT2D eigenvalue weighted by atomic mass is 32.1. The molecule has 2 atom stereocenters. The highest BCUT2D eigenvalue weighted by Gasteiger charge is 2.56. The van der Waals surface area contributed by atoms with E-state index in [0.717, 1.165) is 23.8 Å². The van der Waals surface area contributed by atoms with Crippen molar-refractivity contribution in [2.24, 2.45) is 0 Å². The standard InChI is InChI=1S/C34H38F6N6O5S/c1-2-6-27-32(51-22-19-28(52-21-22)34(38,39)40,10-5-13-46(27)29(48)23-20-41-11-9-24(23)33(35,36)37)30(49)45-16-14-44(15-17-45)26-8-4-3-7-25(26)43-31(50)42-12-18-47/h3-4,7-9,11,19-21,27,47H,2,5-6,10,12-18H2,1H3,(H2,42,43,50)/t27-,32+/m1/s1. The Labute approximate surface area is 299 Å². The van der Waals surface area contributed by atoms with Crippen LogP contribution in [0, 0.1) is 0 Å². The molecule has 11 nitrogen and oxygen atoms in total. The third-order valence-corrected chi connectivity index (χ3v) is 9.97. The van der Waals surface area contributed by atoms with Crippen molar-refractivity contribution in [1.82, 2.24) is 20.1 Å². The van der Waals surface area contributed by atoms with Gasteiger partial charge in [0, 0.05) is 69.5 Å². The first-order valence-electron chi connectivity index (χ1n) is 16.7. The second-order valence-electron chi connectivity index (χ2n) is 12.4. The number of piperazine rings is 1. The second kappa shape index (κ2) is 16.0. The number of alkyl halides is 6. The molecule has 18 heteroatoms. The van der Waals surface area contributed by atoms with Crippen LogP contribution in [0.2, 0.25) is 0 Å². The van der Waals surface area contributed by atoms with Gasteiger partial charge < -0.3 is 35.2 Å². The number of hydrogen-bond donors (Lipinski definition) is 3. The molecule has 2 aliphatic heterocycles. The molecule has 2 aliphatic rings. The summed E-state index contributed by atoms with van der Waals surface area (Å²) >= 11 is 0.380. The van der Waals surface area contributed by atoms with Gasteiger partial charge >= 0.3 is 18.4 Å². The van der Waals surface area contributed by atoms with Gasteiger partial charge in [-0.05, 0) is 31.0 Å². The summed E-state index contributed by atoms with van der Waals surface area (Å²) in [6.45, 7) is 2.36. The number of likely N-dealkylation sites (tertiary alicyclic amines) is 1. The van der Waals surface area contributed by atoms with Crippen LogP contribution in [-0.4, -0.2) is 95.3 Å². The minimum Gasteiger partial charge on any atom is -0.474 e. The normalized spacial score (nSPS) is 19.7. The number of nitrogens with zero attached hydrogens (tertiary/aromatic N) is 4. The number of halogens is 6. The molecule has 2 aromatic heterocycles. The van der Waals surface area contributed by atoms with Gasteiger partial charge in [0.25, 0.3) is 11.8 Å². The predicted octanol–water partition coefficient (Wildman–Crippen LogP) is 5.87. The Morgan fingerprint density at radius 2 is 1.77 bits per heavy atom. The summed E-state index contributed by atoms with van der Waals surface area (Å²) in [5, 5.41) is 15.4. The topological polar surface area (TPSA) is 127 Å². The van der Waals surface area contributed by atoms with Crippen molar-refractivity contribution in [1.29, 1.82) is 0 Å². The number of carbonyl (C=O) groups excluding carboxylic acids is 3. The van der Waals surface area contributed by atoms with Crippen LogP contribution >= 0.6 is 11.3 Å². The highest BCUT2D eigenvalue weighted by molar-refractivity contribution is 7.10. The van der Waals surface area contributed by atoms with Crippen molar-refractivity contribution < 1.29 is 50.6 Å². The van der Waals surface area contributed by atoms with Crippen molar-refractivity contribution >= 4 is 40.6 Å². The van der Waals surface area contributed by atoms with E-state index in [9.17, 15) is 40.7 Å². The van der Waals surface area contributed by atoms with Crippen LogP contribution in [0.15, 0.2) is 54.2 Å². The molecule has 1 aromatic carbocycles. The van der Waals surface area contributed by atoms with Crippen molar-refractivity contribution in [3.05, 3.63) is 70.2 Å². The van der Waals surface area contributed by atoms with E-state index in [2.05, 4.69) is 15.6 Å². The number of thiophene rings is 1. The Morgan fingerprint density at radius 1 is 1.04 bits per heavy atom. The number of hydrogen-bond acceptors (Lipinski definition) is 8. The molecule has 0 bridgehead atoms. The van der Waals surface area contributed by atoms with E-state index < -0.39 is 57.8 Å². The summed E-state index contributed by atoms with van der Waals surface area (Å²) in [5.41, 5.74) is -2.70. The third kappa shape index (κ3) is 8.38. The Kier molecular flexibility index (Phi) is 11.9. The molecule has 0 spiro atoms. The first-order valence-corrected chi connectivity index (χ1v) is 17.5. The summed E-state index contributed by atoms with van der Waals surface area (Å²) in [6.07, 6.45) is -7.24. The van der Waals surface area contributed by atoms with E-state index in [4.69, 9.17) is 9.84 Å². The molecule has 4 amide bonds. The van der Waals surface area contributed by atoms with Crippen LogP contribution < -0.4 is 20.3 Å². The van der Waals surface area contributed by atoms with E-state index in [-0.39, 0.29) is 70.9 Å². The quantitative estimate of drug-likeness (QED) is 0.221.